The van der Waals surface area contributed by atoms with Crippen LogP contribution in [-0.2, 0) is 4.79 Å². The molecule has 0 aliphatic carbocycles. The van der Waals surface area contributed by atoms with E-state index in [1.165, 1.54) is 18.2 Å². The molecule has 2 aromatic heterocycles. The molecule has 26 heavy (non-hydrogen) atoms. The van der Waals surface area contributed by atoms with Crippen molar-refractivity contribution in [3.63, 3.8) is 0 Å². The molecule has 9 heteroatoms. The first-order valence-electron chi connectivity index (χ1n) is 7.57. The van der Waals surface area contributed by atoms with E-state index in [1.807, 2.05) is 32.0 Å². The number of aromatic nitrogens is 2. The van der Waals surface area contributed by atoms with Crippen molar-refractivity contribution in [1.82, 2.24) is 10.2 Å². The summed E-state index contributed by atoms with van der Waals surface area (Å²) in [5.41, 5.74) is 2.91. The Hall–Kier alpha value is -3.33. The molecule has 0 atom stereocenters. The van der Waals surface area contributed by atoms with Crippen molar-refractivity contribution in [2.24, 2.45) is 0 Å². The Labute approximate surface area is 152 Å². The molecule has 8 nitrogen and oxygen atoms in total. The minimum absolute atomic E-state index is 0.0140. The highest BCUT2D eigenvalue weighted by Crippen LogP contribution is 2.25. The van der Waals surface area contributed by atoms with Crippen molar-refractivity contribution < 1.29 is 14.1 Å². The van der Waals surface area contributed by atoms with Gasteiger partial charge in [0.15, 0.2) is 0 Å². The van der Waals surface area contributed by atoms with E-state index in [0.717, 1.165) is 28.0 Å². The van der Waals surface area contributed by atoms with E-state index in [2.05, 4.69) is 15.5 Å². The first-order chi connectivity index (χ1) is 12.4. The zero-order valence-electron chi connectivity index (χ0n) is 13.9. The molecule has 0 radical (unpaired) electrons. The summed E-state index contributed by atoms with van der Waals surface area (Å²) in [6, 6.07) is 8.75. The number of hydrogen-bond donors (Lipinski definition) is 1. The Bertz CT molecular complexity index is 1010. The fourth-order valence-corrected chi connectivity index (χ4v) is 3.00. The number of anilines is 1. The van der Waals surface area contributed by atoms with Crippen LogP contribution in [0.5, 0.6) is 0 Å². The second-order valence-electron chi connectivity index (χ2n) is 5.49. The molecule has 0 aliphatic rings. The topological polar surface area (TPSA) is 111 Å². The average molecular weight is 370 g/mol. The molecule has 0 saturated heterocycles. The summed E-state index contributed by atoms with van der Waals surface area (Å²) in [7, 11) is 0. The van der Waals surface area contributed by atoms with E-state index in [-0.39, 0.29) is 11.0 Å². The predicted octanol–water partition coefficient (Wildman–Crippen LogP) is 3.98. The molecule has 1 aromatic carbocycles. The third-order valence-corrected chi connectivity index (χ3v) is 4.46. The Morgan fingerprint density at radius 1 is 1.27 bits per heavy atom. The molecule has 0 bridgehead atoms. The largest absolute Gasteiger partial charge is 0.403 e. The van der Waals surface area contributed by atoms with Gasteiger partial charge in [-0.15, -0.1) is 5.10 Å². The van der Waals surface area contributed by atoms with Gasteiger partial charge in [-0.05, 0) is 37.6 Å². The highest BCUT2D eigenvalue weighted by atomic mass is 32.1. The fraction of sp³-hybridized carbons (Fsp3) is 0.118. The molecule has 132 valence electrons. The van der Waals surface area contributed by atoms with Crippen LogP contribution in [0.1, 0.15) is 16.0 Å². The van der Waals surface area contributed by atoms with E-state index in [1.54, 1.807) is 6.07 Å². The number of nitrogens with zero attached hydrogens (tertiary/aromatic N) is 3. The minimum Gasteiger partial charge on any atom is -0.403 e. The van der Waals surface area contributed by atoms with Crippen molar-refractivity contribution in [3.05, 3.63) is 62.5 Å². The minimum atomic E-state index is -0.477. The van der Waals surface area contributed by atoms with Gasteiger partial charge in [-0.25, -0.2) is 0 Å². The maximum Gasteiger partial charge on any atom is 0.324 e. The lowest BCUT2D eigenvalue weighted by molar-refractivity contribution is -0.380. The molecule has 0 fully saturated rings. The second kappa shape index (κ2) is 7.28. The quantitative estimate of drug-likeness (QED) is 0.413. The van der Waals surface area contributed by atoms with Crippen LogP contribution in [0, 0.1) is 24.0 Å². The van der Waals surface area contributed by atoms with Gasteiger partial charge in [0, 0.05) is 22.6 Å². The van der Waals surface area contributed by atoms with Crippen molar-refractivity contribution in [1.29, 1.82) is 0 Å². The van der Waals surface area contributed by atoms with Crippen LogP contribution in [0.15, 0.2) is 40.8 Å². The number of rotatable bonds is 5. The Kier molecular flexibility index (Phi) is 4.90. The maximum atomic E-state index is 11.9. The summed E-state index contributed by atoms with van der Waals surface area (Å²) >= 11 is 0.976. The van der Waals surface area contributed by atoms with Crippen molar-refractivity contribution in [3.8, 4) is 11.5 Å². The number of benzene rings is 1. The first-order valence-corrected chi connectivity index (χ1v) is 8.38. The monoisotopic (exact) mass is 370 g/mol. The molecule has 1 N–H and O–H groups in total. The van der Waals surface area contributed by atoms with Crippen LogP contribution in [0.3, 0.4) is 0 Å². The van der Waals surface area contributed by atoms with E-state index in [4.69, 9.17) is 4.42 Å². The number of nitro groups is 1. The fourth-order valence-electron chi connectivity index (χ4n) is 2.27. The van der Waals surface area contributed by atoms with Gasteiger partial charge in [0.1, 0.15) is 0 Å². The van der Waals surface area contributed by atoms with E-state index >= 15 is 0 Å². The molecule has 0 spiro atoms. The van der Waals surface area contributed by atoms with Gasteiger partial charge in [0.25, 0.3) is 5.91 Å². The average Bonchev–Trinajstić information content (AvgIpc) is 3.22. The number of nitrogens with one attached hydrogen (secondary N) is 1. The third kappa shape index (κ3) is 4.01. The molecule has 0 unspecified atom stereocenters. The van der Waals surface area contributed by atoms with Crippen LogP contribution in [0.2, 0.25) is 0 Å². The zero-order valence-corrected chi connectivity index (χ0v) is 14.7. The normalized spacial score (nSPS) is 11.0. The zero-order chi connectivity index (χ0) is 18.7. The smallest absolute Gasteiger partial charge is 0.324 e. The van der Waals surface area contributed by atoms with Gasteiger partial charge in [-0.1, -0.05) is 34.1 Å². The number of amides is 1. The Morgan fingerprint density at radius 2 is 2.08 bits per heavy atom. The van der Waals surface area contributed by atoms with Crippen molar-refractivity contribution >= 4 is 34.3 Å². The van der Waals surface area contributed by atoms with E-state index in [0.29, 0.717) is 10.8 Å². The maximum absolute atomic E-state index is 11.9. The van der Waals surface area contributed by atoms with Gasteiger partial charge in [0.05, 0.1) is 4.92 Å². The molecular formula is C17H14N4O4S. The Balaban J connectivity index is 1.67. The van der Waals surface area contributed by atoms with Gasteiger partial charge in [0.2, 0.25) is 5.89 Å². The van der Waals surface area contributed by atoms with Crippen LogP contribution >= 0.6 is 11.3 Å². The number of carbonyl (C=O) groups is 1. The molecule has 3 rings (SSSR count). The van der Waals surface area contributed by atoms with Gasteiger partial charge < -0.3 is 4.42 Å². The Morgan fingerprint density at radius 3 is 2.77 bits per heavy atom. The lowest BCUT2D eigenvalue weighted by atomic mass is 10.1. The van der Waals surface area contributed by atoms with Crippen LogP contribution in [0.25, 0.3) is 17.5 Å². The lowest BCUT2D eigenvalue weighted by Gasteiger charge is -2.01. The van der Waals surface area contributed by atoms with Gasteiger partial charge in [-0.3, -0.25) is 20.2 Å². The highest BCUT2D eigenvalue weighted by molar-refractivity contribution is 7.16. The summed E-state index contributed by atoms with van der Waals surface area (Å²) in [6.07, 6.45) is 2.73. The number of thiophene rings is 1. The van der Waals surface area contributed by atoms with Crippen LogP contribution in [-0.4, -0.2) is 21.0 Å². The van der Waals surface area contributed by atoms with Crippen molar-refractivity contribution in [2.75, 3.05) is 5.32 Å². The number of aryl methyl sites for hydroxylation is 2. The first kappa shape index (κ1) is 17.5. The second-order valence-corrected chi connectivity index (χ2v) is 6.58. The van der Waals surface area contributed by atoms with E-state index in [9.17, 15) is 14.9 Å². The summed E-state index contributed by atoms with van der Waals surface area (Å²) in [5.74, 6) is -0.160. The van der Waals surface area contributed by atoms with Crippen LogP contribution < -0.4 is 5.32 Å². The summed E-state index contributed by atoms with van der Waals surface area (Å²) < 4.78 is 5.47. The van der Waals surface area contributed by atoms with Gasteiger partial charge >= 0.3 is 11.0 Å². The summed E-state index contributed by atoms with van der Waals surface area (Å²) in [4.78, 5) is 22.7. The number of carbonyl (C=O) groups excluding carboxylic acids is 1. The summed E-state index contributed by atoms with van der Waals surface area (Å²) in [6.45, 7) is 3.93. The molecule has 3 aromatic rings. The molecule has 0 aliphatic heterocycles. The highest BCUT2D eigenvalue weighted by Gasteiger charge is 2.12. The number of hydrogen-bond acceptors (Lipinski definition) is 7. The molecule has 2 heterocycles. The standard InChI is InChI=1S/C17H14N4O4S/c1-10-3-6-13(11(2)9-10)16-19-20-17(25-16)18-14(22)7-4-12-5-8-15(26-12)21(23)24/h3-9H,1-2H3,(H,18,20,22). The predicted molar refractivity (Wildman–Crippen MR) is 97.8 cm³/mol. The van der Waals surface area contributed by atoms with Gasteiger partial charge in [-0.2, -0.15) is 0 Å². The molecule has 0 saturated carbocycles. The lowest BCUT2D eigenvalue weighted by Crippen LogP contribution is -2.07. The third-order valence-electron chi connectivity index (χ3n) is 3.46. The SMILES string of the molecule is Cc1ccc(-c2nnc(NC(=O)C=Cc3ccc([N+](=O)[O-])s3)o2)c(C)c1. The van der Waals surface area contributed by atoms with E-state index < -0.39 is 10.8 Å². The van der Waals surface area contributed by atoms with Crippen molar-refractivity contribution in [2.45, 2.75) is 13.8 Å². The van der Waals surface area contributed by atoms with Crippen LogP contribution in [0.4, 0.5) is 11.0 Å². The molecule has 1 amide bonds. The molecular weight excluding hydrogens is 356 g/mol. The summed E-state index contributed by atoms with van der Waals surface area (Å²) in [5, 5.41) is 20.9.